The van der Waals surface area contributed by atoms with Crippen LogP contribution < -0.4 is 10.5 Å². The largest absolute Gasteiger partial charge is 0.497 e. The van der Waals surface area contributed by atoms with Gasteiger partial charge in [-0.05, 0) is 31.0 Å². The third-order valence-corrected chi connectivity index (χ3v) is 2.59. The number of nitrogens with two attached hydrogens (primary N) is 1. The molecule has 1 aromatic carbocycles. The summed E-state index contributed by atoms with van der Waals surface area (Å²) >= 11 is 0. The molecule has 0 bridgehead atoms. The van der Waals surface area contributed by atoms with Crippen molar-refractivity contribution >= 4 is 5.97 Å². The minimum Gasteiger partial charge on any atom is -0.497 e. The number of carboxylic acids is 1. The van der Waals surface area contributed by atoms with E-state index in [1.54, 1.807) is 12.1 Å². The van der Waals surface area contributed by atoms with Crippen LogP contribution >= 0.6 is 0 Å². The SMILES string of the molecule is COc1ccc(CC(CCN)C(=O)O)c(F)c1. The molecule has 0 fully saturated rings. The molecule has 0 aromatic heterocycles. The summed E-state index contributed by atoms with van der Waals surface area (Å²) in [7, 11) is 1.45. The van der Waals surface area contributed by atoms with Crippen molar-refractivity contribution in [1.82, 2.24) is 0 Å². The first-order chi connectivity index (χ1) is 8.08. The van der Waals surface area contributed by atoms with Crippen LogP contribution in [-0.2, 0) is 11.2 Å². The number of carboxylic acid groups (broad SMARTS) is 1. The molecule has 94 valence electrons. The number of halogens is 1. The van der Waals surface area contributed by atoms with E-state index in [-0.39, 0.29) is 13.0 Å². The molecular weight excluding hydrogens is 225 g/mol. The Kier molecular flexibility index (Phi) is 4.90. The van der Waals surface area contributed by atoms with Gasteiger partial charge in [0.05, 0.1) is 13.0 Å². The van der Waals surface area contributed by atoms with Gasteiger partial charge in [0, 0.05) is 6.07 Å². The molecule has 0 saturated heterocycles. The average molecular weight is 241 g/mol. The molecule has 1 aromatic rings. The molecular formula is C12H16FNO3. The van der Waals surface area contributed by atoms with Crippen LogP contribution in [0.5, 0.6) is 5.75 Å². The highest BCUT2D eigenvalue weighted by Crippen LogP contribution is 2.20. The van der Waals surface area contributed by atoms with Gasteiger partial charge in [-0.15, -0.1) is 0 Å². The van der Waals surface area contributed by atoms with Crippen LogP contribution in [0.15, 0.2) is 18.2 Å². The normalized spacial score (nSPS) is 12.2. The van der Waals surface area contributed by atoms with Gasteiger partial charge in [0.25, 0.3) is 0 Å². The van der Waals surface area contributed by atoms with Crippen LogP contribution in [0.2, 0.25) is 0 Å². The fourth-order valence-electron chi connectivity index (χ4n) is 1.60. The number of hydrogen-bond donors (Lipinski definition) is 2. The third kappa shape index (κ3) is 3.71. The van der Waals surface area contributed by atoms with E-state index < -0.39 is 17.7 Å². The Morgan fingerprint density at radius 1 is 1.59 bits per heavy atom. The highest BCUT2D eigenvalue weighted by atomic mass is 19.1. The lowest BCUT2D eigenvalue weighted by molar-refractivity contribution is -0.141. The maximum Gasteiger partial charge on any atom is 0.306 e. The first kappa shape index (κ1) is 13.4. The molecule has 0 aliphatic heterocycles. The number of aliphatic carboxylic acids is 1. The maximum absolute atomic E-state index is 13.6. The van der Waals surface area contributed by atoms with Crippen molar-refractivity contribution in [3.05, 3.63) is 29.6 Å². The van der Waals surface area contributed by atoms with E-state index in [4.69, 9.17) is 15.6 Å². The van der Waals surface area contributed by atoms with Crippen molar-refractivity contribution in [2.24, 2.45) is 11.7 Å². The topological polar surface area (TPSA) is 72.5 Å². The van der Waals surface area contributed by atoms with Crippen LogP contribution in [-0.4, -0.2) is 24.7 Å². The number of hydrogen-bond acceptors (Lipinski definition) is 3. The molecule has 1 unspecified atom stereocenters. The molecule has 0 radical (unpaired) electrons. The van der Waals surface area contributed by atoms with Crippen molar-refractivity contribution in [3.8, 4) is 5.75 Å². The Hall–Kier alpha value is -1.62. The van der Waals surface area contributed by atoms with Crippen LogP contribution in [0.25, 0.3) is 0 Å². The number of rotatable bonds is 6. The van der Waals surface area contributed by atoms with E-state index in [9.17, 15) is 9.18 Å². The lowest BCUT2D eigenvalue weighted by Crippen LogP contribution is -2.20. The van der Waals surface area contributed by atoms with Gasteiger partial charge in [0.2, 0.25) is 0 Å². The Bertz CT molecular complexity index is 395. The molecule has 0 heterocycles. The summed E-state index contributed by atoms with van der Waals surface area (Å²) in [5.41, 5.74) is 5.69. The number of carbonyl (C=O) groups is 1. The Morgan fingerprint density at radius 2 is 2.29 bits per heavy atom. The number of methoxy groups -OCH3 is 1. The summed E-state index contributed by atoms with van der Waals surface area (Å²) in [6.07, 6.45) is 0.475. The van der Waals surface area contributed by atoms with E-state index in [0.29, 0.717) is 17.7 Å². The first-order valence-corrected chi connectivity index (χ1v) is 5.33. The van der Waals surface area contributed by atoms with E-state index in [0.717, 1.165) is 0 Å². The summed E-state index contributed by atoms with van der Waals surface area (Å²) in [4.78, 5) is 10.9. The van der Waals surface area contributed by atoms with E-state index in [2.05, 4.69) is 0 Å². The molecule has 0 spiro atoms. The lowest BCUT2D eigenvalue weighted by Gasteiger charge is -2.12. The molecule has 1 atom stereocenters. The van der Waals surface area contributed by atoms with Gasteiger partial charge in [0.15, 0.2) is 0 Å². The Labute approximate surface area is 99.2 Å². The van der Waals surface area contributed by atoms with Crippen molar-refractivity contribution in [2.45, 2.75) is 12.8 Å². The van der Waals surface area contributed by atoms with Crippen molar-refractivity contribution in [3.63, 3.8) is 0 Å². The minimum absolute atomic E-state index is 0.141. The molecule has 1 rings (SSSR count). The van der Waals surface area contributed by atoms with Gasteiger partial charge in [-0.2, -0.15) is 0 Å². The van der Waals surface area contributed by atoms with E-state index in [1.165, 1.54) is 13.2 Å². The third-order valence-electron chi connectivity index (χ3n) is 2.59. The zero-order valence-electron chi connectivity index (χ0n) is 9.65. The lowest BCUT2D eigenvalue weighted by atomic mass is 9.96. The molecule has 3 N–H and O–H groups in total. The Balaban J connectivity index is 2.82. The zero-order valence-corrected chi connectivity index (χ0v) is 9.65. The average Bonchev–Trinajstić information content (AvgIpc) is 2.30. The fourth-order valence-corrected chi connectivity index (χ4v) is 1.60. The van der Waals surface area contributed by atoms with Gasteiger partial charge in [-0.3, -0.25) is 4.79 Å². The summed E-state index contributed by atoms with van der Waals surface area (Å²) in [5.74, 6) is -1.64. The monoisotopic (exact) mass is 241 g/mol. The second-order valence-corrected chi connectivity index (χ2v) is 3.77. The smallest absolute Gasteiger partial charge is 0.306 e. The Morgan fingerprint density at radius 3 is 2.76 bits per heavy atom. The molecule has 0 saturated carbocycles. The predicted molar refractivity (Wildman–Crippen MR) is 61.5 cm³/mol. The summed E-state index contributed by atoms with van der Waals surface area (Å²) < 4.78 is 18.5. The number of ether oxygens (including phenoxy) is 1. The zero-order chi connectivity index (χ0) is 12.8. The fraction of sp³-hybridized carbons (Fsp3) is 0.417. The molecule has 17 heavy (non-hydrogen) atoms. The summed E-state index contributed by atoms with van der Waals surface area (Å²) in [6.45, 7) is 0.273. The maximum atomic E-state index is 13.6. The van der Waals surface area contributed by atoms with Gasteiger partial charge in [0.1, 0.15) is 11.6 Å². The highest BCUT2D eigenvalue weighted by molar-refractivity contribution is 5.70. The van der Waals surface area contributed by atoms with E-state index in [1.807, 2.05) is 0 Å². The van der Waals surface area contributed by atoms with Gasteiger partial charge < -0.3 is 15.6 Å². The van der Waals surface area contributed by atoms with E-state index >= 15 is 0 Å². The summed E-state index contributed by atoms with van der Waals surface area (Å²) in [6, 6.07) is 4.40. The van der Waals surface area contributed by atoms with Crippen LogP contribution in [0.4, 0.5) is 4.39 Å². The quantitative estimate of drug-likeness (QED) is 0.790. The van der Waals surface area contributed by atoms with Crippen molar-refractivity contribution in [1.29, 1.82) is 0 Å². The van der Waals surface area contributed by atoms with Gasteiger partial charge >= 0.3 is 5.97 Å². The van der Waals surface area contributed by atoms with Gasteiger partial charge in [-0.25, -0.2) is 4.39 Å². The highest BCUT2D eigenvalue weighted by Gasteiger charge is 2.19. The molecule has 4 nitrogen and oxygen atoms in total. The predicted octanol–water partition coefficient (Wildman–Crippen LogP) is 1.43. The molecule has 0 amide bonds. The molecule has 0 aliphatic rings. The number of benzene rings is 1. The van der Waals surface area contributed by atoms with Crippen LogP contribution in [0, 0.1) is 11.7 Å². The second-order valence-electron chi connectivity index (χ2n) is 3.77. The minimum atomic E-state index is -0.953. The molecule has 5 heteroatoms. The first-order valence-electron chi connectivity index (χ1n) is 5.33. The van der Waals surface area contributed by atoms with Crippen molar-refractivity contribution < 1.29 is 19.0 Å². The second kappa shape index (κ2) is 6.20. The molecule has 0 aliphatic carbocycles. The van der Waals surface area contributed by atoms with Crippen LogP contribution in [0.3, 0.4) is 0 Å². The van der Waals surface area contributed by atoms with Crippen LogP contribution in [0.1, 0.15) is 12.0 Å². The standard InChI is InChI=1S/C12H16FNO3/c1-17-10-3-2-8(11(13)7-10)6-9(4-5-14)12(15)16/h2-3,7,9H,4-6,14H2,1H3,(H,15,16). The van der Waals surface area contributed by atoms with Gasteiger partial charge in [-0.1, -0.05) is 6.07 Å². The van der Waals surface area contributed by atoms with Crippen molar-refractivity contribution in [2.75, 3.05) is 13.7 Å². The summed E-state index contributed by atoms with van der Waals surface area (Å²) in [5, 5.41) is 8.95.